The van der Waals surface area contributed by atoms with Crippen molar-refractivity contribution < 1.29 is 37.8 Å². The van der Waals surface area contributed by atoms with Gasteiger partial charge in [0.05, 0.1) is 10.7 Å². The third kappa shape index (κ3) is 4.87. The summed E-state index contributed by atoms with van der Waals surface area (Å²) in [6, 6.07) is 0.221. The minimum Gasteiger partial charge on any atom is -0.477 e. The Morgan fingerprint density at radius 3 is 2.30 bits per heavy atom. The molecule has 1 aromatic carbocycles. The molecule has 4 amide bonds. The maximum Gasteiger partial charge on any atom is 0.349 e. The van der Waals surface area contributed by atoms with Gasteiger partial charge in [0.25, 0.3) is 0 Å². The zero-order chi connectivity index (χ0) is 22.7. The number of esters is 2. The second-order valence-electron chi connectivity index (χ2n) is 6.18. The van der Waals surface area contributed by atoms with Crippen LogP contribution < -0.4 is 9.64 Å². The average molecular weight is 464 g/mol. The van der Waals surface area contributed by atoms with Crippen molar-refractivity contribution in [2.24, 2.45) is 0 Å². The molecular weight excluding hydrogens is 445 g/mol. The molecule has 13 heteroatoms. The molecule has 0 radical (unpaired) electrons. The van der Waals surface area contributed by atoms with Crippen LogP contribution in [0, 0.1) is 5.82 Å². The van der Waals surface area contributed by atoms with Crippen LogP contribution in [0.15, 0.2) is 12.1 Å². The van der Waals surface area contributed by atoms with Crippen molar-refractivity contribution in [3.05, 3.63) is 23.0 Å². The van der Waals surface area contributed by atoms with Crippen LogP contribution in [0.5, 0.6) is 5.75 Å². The molecule has 1 unspecified atom stereocenters. The highest BCUT2D eigenvalue weighted by Crippen LogP contribution is 2.35. The molecule has 1 aliphatic heterocycles. The maximum atomic E-state index is 14.6. The Morgan fingerprint density at radius 1 is 1.20 bits per heavy atom. The topological polar surface area (TPSA) is 106 Å². The summed E-state index contributed by atoms with van der Waals surface area (Å²) >= 11 is 10.1. The molecule has 1 heterocycles. The lowest BCUT2D eigenvalue weighted by Gasteiger charge is -2.41. The number of amides is 4. The Labute approximate surface area is 181 Å². The van der Waals surface area contributed by atoms with Crippen LogP contribution >= 0.6 is 24.2 Å². The van der Waals surface area contributed by atoms with Crippen LogP contribution in [0.2, 0.25) is 5.02 Å². The Kier molecular flexibility index (Phi) is 7.37. The first-order valence-electron chi connectivity index (χ1n) is 8.43. The van der Waals surface area contributed by atoms with E-state index in [1.165, 1.54) is 21.0 Å². The number of nitrogens with zero attached hydrogens (tertiary/aromatic N) is 3. The summed E-state index contributed by atoms with van der Waals surface area (Å²) < 4.78 is 29.2. The van der Waals surface area contributed by atoms with E-state index in [1.54, 1.807) is 0 Å². The first-order valence-corrected chi connectivity index (χ1v) is 9.32. The third-order valence-corrected chi connectivity index (χ3v) is 5.01. The van der Waals surface area contributed by atoms with Gasteiger partial charge in [-0.05, 0) is 13.0 Å². The summed E-state index contributed by atoms with van der Waals surface area (Å²) in [6.45, 7) is 1.85. The fraction of sp³-hybridized carbons (Fsp3) is 0.412. The fourth-order valence-electron chi connectivity index (χ4n) is 2.37. The molecule has 164 valence electrons. The van der Waals surface area contributed by atoms with E-state index in [-0.39, 0.29) is 10.8 Å². The van der Waals surface area contributed by atoms with Gasteiger partial charge in [0.15, 0.2) is 11.6 Å². The van der Waals surface area contributed by atoms with E-state index in [2.05, 4.69) is 17.4 Å². The van der Waals surface area contributed by atoms with Gasteiger partial charge in [-0.25, -0.2) is 23.7 Å². The lowest BCUT2D eigenvalue weighted by Crippen LogP contribution is -2.62. The second kappa shape index (κ2) is 9.39. The number of anilines is 1. The quantitative estimate of drug-likeness (QED) is 0.392. The molecule has 0 aliphatic carbocycles. The highest BCUT2D eigenvalue weighted by molar-refractivity contribution is 7.80. The fourth-order valence-corrected chi connectivity index (χ4v) is 2.76. The minimum absolute atomic E-state index is 0.177. The van der Waals surface area contributed by atoms with Crippen LogP contribution in [0.25, 0.3) is 0 Å². The van der Waals surface area contributed by atoms with Crippen LogP contribution in [0.3, 0.4) is 0 Å². The van der Waals surface area contributed by atoms with Gasteiger partial charge in [-0.1, -0.05) is 11.6 Å². The lowest BCUT2D eigenvalue weighted by molar-refractivity contribution is -0.170. The molecule has 1 aromatic rings. The summed E-state index contributed by atoms with van der Waals surface area (Å²) in [5.41, 5.74) is -1.26. The van der Waals surface area contributed by atoms with Crippen molar-refractivity contribution in [3.8, 4) is 5.75 Å². The Bertz CT molecular complexity index is 865. The summed E-state index contributed by atoms with van der Waals surface area (Å²) in [4.78, 5) is 50.5. The summed E-state index contributed by atoms with van der Waals surface area (Å²) in [6.07, 6.45) is -1.23. The minimum atomic E-state index is -1.23. The normalized spacial score (nSPS) is 15.9. The van der Waals surface area contributed by atoms with Crippen LogP contribution in [-0.4, -0.2) is 66.3 Å². The molecule has 0 spiro atoms. The van der Waals surface area contributed by atoms with E-state index in [0.717, 1.165) is 28.9 Å². The molecule has 1 saturated heterocycles. The van der Waals surface area contributed by atoms with Crippen molar-refractivity contribution >= 4 is 53.9 Å². The van der Waals surface area contributed by atoms with Gasteiger partial charge >= 0.3 is 24.0 Å². The Hall–Kier alpha value is -2.73. The molecular formula is C17H19ClFN3O7S. The number of hydrogen-bond donors (Lipinski definition) is 1. The second-order valence-corrected chi connectivity index (χ2v) is 7.05. The van der Waals surface area contributed by atoms with Crippen molar-refractivity contribution in [3.63, 3.8) is 0 Å². The number of urea groups is 2. The number of thiol groups is 1. The SMILES string of the molecule is CC(=O)OCOC(=O)C(C)Oc1cc(N2C(=O)N(C)C(S)N(C)C2=O)c(F)cc1Cl. The van der Waals surface area contributed by atoms with Gasteiger partial charge in [0.2, 0.25) is 6.79 Å². The zero-order valence-electron chi connectivity index (χ0n) is 16.4. The van der Waals surface area contributed by atoms with Crippen molar-refractivity contribution in [1.29, 1.82) is 0 Å². The number of halogens is 2. The van der Waals surface area contributed by atoms with Crippen LogP contribution in [0.4, 0.5) is 19.7 Å². The van der Waals surface area contributed by atoms with Gasteiger partial charge in [-0.3, -0.25) is 14.6 Å². The van der Waals surface area contributed by atoms with E-state index >= 15 is 0 Å². The summed E-state index contributed by atoms with van der Waals surface area (Å²) in [5.74, 6) is -2.67. The van der Waals surface area contributed by atoms with Crippen LogP contribution in [-0.2, 0) is 19.1 Å². The number of ether oxygens (including phenoxy) is 3. The maximum absolute atomic E-state index is 14.6. The molecule has 30 heavy (non-hydrogen) atoms. The van der Waals surface area contributed by atoms with Gasteiger partial charge < -0.3 is 14.2 Å². The van der Waals surface area contributed by atoms with Crippen molar-refractivity contribution in [2.75, 3.05) is 25.8 Å². The predicted molar refractivity (Wildman–Crippen MR) is 106 cm³/mol. The molecule has 0 aromatic heterocycles. The number of carbonyl (C=O) groups excluding carboxylic acids is 4. The highest BCUT2D eigenvalue weighted by atomic mass is 35.5. The highest BCUT2D eigenvalue weighted by Gasteiger charge is 2.41. The smallest absolute Gasteiger partial charge is 0.349 e. The van der Waals surface area contributed by atoms with Crippen molar-refractivity contribution in [2.45, 2.75) is 25.4 Å². The molecule has 2 rings (SSSR count). The van der Waals surface area contributed by atoms with Gasteiger partial charge in [0.1, 0.15) is 11.6 Å². The Morgan fingerprint density at radius 2 is 1.77 bits per heavy atom. The predicted octanol–water partition coefficient (Wildman–Crippen LogP) is 2.45. The third-order valence-electron chi connectivity index (χ3n) is 4.02. The van der Waals surface area contributed by atoms with E-state index in [9.17, 15) is 23.6 Å². The largest absolute Gasteiger partial charge is 0.477 e. The first-order chi connectivity index (χ1) is 14.0. The molecule has 1 atom stereocenters. The molecule has 0 saturated carbocycles. The van der Waals surface area contributed by atoms with E-state index in [1.807, 2.05) is 0 Å². The van der Waals surface area contributed by atoms with Gasteiger partial charge in [-0.15, -0.1) is 12.6 Å². The number of carbonyl (C=O) groups is 4. The summed E-state index contributed by atoms with van der Waals surface area (Å²) in [7, 11) is 2.78. The van der Waals surface area contributed by atoms with Gasteiger partial charge in [-0.2, -0.15) is 0 Å². The van der Waals surface area contributed by atoms with Gasteiger partial charge in [0, 0.05) is 27.1 Å². The van der Waals surface area contributed by atoms with Crippen LogP contribution in [0.1, 0.15) is 13.8 Å². The Balaban J connectivity index is 2.27. The number of imide groups is 1. The molecule has 0 N–H and O–H groups in total. The number of rotatable bonds is 6. The zero-order valence-corrected chi connectivity index (χ0v) is 18.1. The number of benzene rings is 1. The van der Waals surface area contributed by atoms with Crippen molar-refractivity contribution in [1.82, 2.24) is 9.80 Å². The summed E-state index contributed by atoms with van der Waals surface area (Å²) in [5, 5.41) is -0.207. The molecule has 0 bridgehead atoms. The average Bonchev–Trinajstić information content (AvgIpc) is 2.67. The monoisotopic (exact) mass is 463 g/mol. The van der Waals surface area contributed by atoms with E-state index in [4.69, 9.17) is 21.1 Å². The first kappa shape index (κ1) is 23.5. The molecule has 10 nitrogen and oxygen atoms in total. The standard InChI is InChI=1S/C17H19ClFN3O7S/c1-8(14(24)28-7-27-9(2)23)29-13-6-12(11(19)5-10(13)18)22-15(25)20(3)17(30)21(4)16(22)26/h5-6,8,17,30H,7H2,1-4H3. The molecule has 1 aliphatic rings. The molecule has 1 fully saturated rings. The number of hydrogen-bond acceptors (Lipinski definition) is 8. The van der Waals surface area contributed by atoms with E-state index < -0.39 is 53.9 Å². The van der Waals surface area contributed by atoms with E-state index in [0.29, 0.717) is 4.90 Å². The lowest BCUT2D eigenvalue weighted by atomic mass is 10.2.